The summed E-state index contributed by atoms with van der Waals surface area (Å²) in [7, 11) is 1.77. The second-order valence-corrected chi connectivity index (χ2v) is 5.30. The van der Waals surface area contributed by atoms with Crippen molar-refractivity contribution in [3.8, 4) is 5.75 Å². The molecule has 0 bridgehead atoms. The number of carbonyl (C=O) groups is 1. The number of fused-ring (bicyclic) bond motifs is 1. The lowest BCUT2D eigenvalue weighted by Gasteiger charge is -2.21. The lowest BCUT2D eigenvalue weighted by Crippen LogP contribution is -2.36. The minimum atomic E-state index is -0.349. The molecule has 1 unspecified atom stereocenters. The molecular formula is C15H21NO3. The summed E-state index contributed by atoms with van der Waals surface area (Å²) in [6.07, 6.45) is 1.29. The third-order valence-corrected chi connectivity index (χ3v) is 3.69. The van der Waals surface area contributed by atoms with E-state index < -0.39 is 0 Å². The van der Waals surface area contributed by atoms with Gasteiger partial charge in [-0.2, -0.15) is 0 Å². The third kappa shape index (κ3) is 3.07. The fourth-order valence-electron chi connectivity index (χ4n) is 2.20. The Morgan fingerprint density at radius 2 is 2.26 bits per heavy atom. The van der Waals surface area contributed by atoms with Gasteiger partial charge in [-0.1, -0.05) is 6.07 Å². The number of hydrogen-bond donors (Lipinski definition) is 1. The van der Waals surface area contributed by atoms with E-state index in [-0.39, 0.29) is 24.7 Å². The molecule has 4 nitrogen and oxygen atoms in total. The lowest BCUT2D eigenvalue weighted by atomic mass is 10.1. The van der Waals surface area contributed by atoms with Crippen LogP contribution in [-0.4, -0.2) is 35.6 Å². The van der Waals surface area contributed by atoms with Gasteiger partial charge in [0.15, 0.2) is 6.61 Å². The van der Waals surface area contributed by atoms with Gasteiger partial charge < -0.3 is 14.7 Å². The fraction of sp³-hybridized carbons (Fsp3) is 0.533. The number of amides is 1. The number of likely N-dealkylation sites (N-methyl/N-ethyl adjacent to an activating group) is 1. The predicted octanol–water partition coefficient (Wildman–Crippen LogP) is 1.91. The summed E-state index contributed by atoms with van der Waals surface area (Å²) in [5.41, 5.74) is 2.10. The second kappa shape index (κ2) is 5.61. The second-order valence-electron chi connectivity index (χ2n) is 5.30. The predicted molar refractivity (Wildman–Crippen MR) is 73.1 cm³/mol. The van der Waals surface area contributed by atoms with Crippen molar-refractivity contribution in [1.82, 2.24) is 4.90 Å². The SMILES string of the molecule is CC(C)N(C)C(=O)COc1ccc2c(c1)CCC2O. The van der Waals surface area contributed by atoms with E-state index in [2.05, 4.69) is 0 Å². The summed E-state index contributed by atoms with van der Waals surface area (Å²) >= 11 is 0. The molecule has 0 aliphatic heterocycles. The van der Waals surface area contributed by atoms with E-state index in [1.165, 1.54) is 0 Å². The van der Waals surface area contributed by atoms with E-state index in [9.17, 15) is 9.90 Å². The Labute approximate surface area is 114 Å². The summed E-state index contributed by atoms with van der Waals surface area (Å²) in [6.45, 7) is 3.99. The molecule has 2 rings (SSSR count). The van der Waals surface area contributed by atoms with Crippen molar-refractivity contribution in [1.29, 1.82) is 0 Å². The molecular weight excluding hydrogens is 242 g/mol. The molecule has 1 atom stereocenters. The molecule has 1 N–H and O–H groups in total. The van der Waals surface area contributed by atoms with Crippen LogP contribution in [0.4, 0.5) is 0 Å². The molecule has 0 saturated carbocycles. The van der Waals surface area contributed by atoms with Gasteiger partial charge in [0.25, 0.3) is 5.91 Å². The molecule has 0 aromatic heterocycles. The summed E-state index contributed by atoms with van der Waals surface area (Å²) < 4.78 is 5.53. The van der Waals surface area contributed by atoms with Gasteiger partial charge in [-0.15, -0.1) is 0 Å². The van der Waals surface area contributed by atoms with Crippen LogP contribution in [0.15, 0.2) is 18.2 Å². The number of aliphatic hydroxyl groups is 1. The molecule has 1 amide bonds. The maximum absolute atomic E-state index is 11.8. The molecule has 1 aromatic carbocycles. The number of ether oxygens (including phenoxy) is 1. The zero-order valence-electron chi connectivity index (χ0n) is 11.7. The minimum Gasteiger partial charge on any atom is -0.484 e. The largest absolute Gasteiger partial charge is 0.484 e. The number of aryl methyl sites for hydroxylation is 1. The van der Waals surface area contributed by atoms with Gasteiger partial charge in [-0.3, -0.25) is 4.79 Å². The van der Waals surface area contributed by atoms with E-state index in [0.29, 0.717) is 5.75 Å². The highest BCUT2D eigenvalue weighted by Crippen LogP contribution is 2.33. The molecule has 19 heavy (non-hydrogen) atoms. The number of hydrogen-bond acceptors (Lipinski definition) is 3. The van der Waals surface area contributed by atoms with Crippen LogP contribution in [0.3, 0.4) is 0 Å². The highest BCUT2D eigenvalue weighted by atomic mass is 16.5. The first-order valence-electron chi connectivity index (χ1n) is 6.68. The van der Waals surface area contributed by atoms with E-state index >= 15 is 0 Å². The molecule has 1 aliphatic carbocycles. The number of carbonyl (C=O) groups excluding carboxylic acids is 1. The monoisotopic (exact) mass is 263 g/mol. The zero-order chi connectivity index (χ0) is 14.0. The number of nitrogens with zero attached hydrogens (tertiary/aromatic N) is 1. The zero-order valence-corrected chi connectivity index (χ0v) is 11.7. The fourth-order valence-corrected chi connectivity index (χ4v) is 2.20. The topological polar surface area (TPSA) is 49.8 Å². The first-order chi connectivity index (χ1) is 8.99. The molecule has 104 valence electrons. The van der Waals surface area contributed by atoms with Gasteiger partial charge in [-0.05, 0) is 49.9 Å². The van der Waals surface area contributed by atoms with Gasteiger partial charge in [0.05, 0.1) is 6.10 Å². The molecule has 1 aliphatic rings. The average Bonchev–Trinajstić information content (AvgIpc) is 2.76. The Balaban J connectivity index is 1.96. The lowest BCUT2D eigenvalue weighted by molar-refractivity contribution is -0.133. The van der Waals surface area contributed by atoms with Crippen LogP contribution in [0.25, 0.3) is 0 Å². The minimum absolute atomic E-state index is 0.0319. The Morgan fingerprint density at radius 1 is 1.53 bits per heavy atom. The average molecular weight is 263 g/mol. The van der Waals surface area contributed by atoms with Crippen LogP contribution >= 0.6 is 0 Å². The third-order valence-electron chi connectivity index (χ3n) is 3.69. The summed E-state index contributed by atoms with van der Waals surface area (Å²) in [6, 6.07) is 5.80. The number of rotatable bonds is 4. The maximum Gasteiger partial charge on any atom is 0.260 e. The van der Waals surface area contributed by atoms with Crippen molar-refractivity contribution < 1.29 is 14.6 Å². The molecule has 0 spiro atoms. The molecule has 4 heteroatoms. The Hall–Kier alpha value is -1.55. The van der Waals surface area contributed by atoms with Crippen molar-refractivity contribution in [3.63, 3.8) is 0 Å². The van der Waals surface area contributed by atoms with E-state index in [4.69, 9.17) is 4.74 Å². The standard InChI is InChI=1S/C15H21NO3/c1-10(2)16(3)15(18)9-19-12-5-6-13-11(8-12)4-7-14(13)17/h5-6,8,10,14,17H,4,7,9H2,1-3H3. The summed E-state index contributed by atoms with van der Waals surface area (Å²) in [5.74, 6) is 0.661. The molecule has 0 heterocycles. The quantitative estimate of drug-likeness (QED) is 0.902. The number of aliphatic hydroxyl groups excluding tert-OH is 1. The van der Waals surface area contributed by atoms with Crippen molar-refractivity contribution >= 4 is 5.91 Å². The Kier molecular flexibility index (Phi) is 4.10. The Morgan fingerprint density at radius 3 is 2.95 bits per heavy atom. The van der Waals surface area contributed by atoms with Crippen LogP contribution in [0.2, 0.25) is 0 Å². The smallest absolute Gasteiger partial charge is 0.260 e. The highest BCUT2D eigenvalue weighted by Gasteiger charge is 2.20. The molecule has 1 aromatic rings. The molecule has 0 saturated heterocycles. The normalized spacial score (nSPS) is 17.4. The van der Waals surface area contributed by atoms with Crippen LogP contribution in [-0.2, 0) is 11.2 Å². The highest BCUT2D eigenvalue weighted by molar-refractivity contribution is 5.77. The molecule has 0 radical (unpaired) electrons. The Bertz CT molecular complexity index is 470. The van der Waals surface area contributed by atoms with Crippen LogP contribution < -0.4 is 4.74 Å². The van der Waals surface area contributed by atoms with Gasteiger partial charge >= 0.3 is 0 Å². The number of benzene rings is 1. The summed E-state index contributed by atoms with van der Waals surface area (Å²) in [5, 5.41) is 9.72. The van der Waals surface area contributed by atoms with Crippen LogP contribution in [0.1, 0.15) is 37.5 Å². The van der Waals surface area contributed by atoms with Crippen molar-refractivity contribution in [2.45, 2.75) is 38.8 Å². The van der Waals surface area contributed by atoms with Gasteiger partial charge in [0.1, 0.15) is 5.75 Å². The van der Waals surface area contributed by atoms with Crippen LogP contribution in [0.5, 0.6) is 5.75 Å². The van der Waals surface area contributed by atoms with Gasteiger partial charge in [-0.25, -0.2) is 0 Å². The van der Waals surface area contributed by atoms with Gasteiger partial charge in [0, 0.05) is 13.1 Å². The molecule has 0 fully saturated rings. The van der Waals surface area contributed by atoms with Gasteiger partial charge in [0.2, 0.25) is 0 Å². The van der Waals surface area contributed by atoms with Crippen molar-refractivity contribution in [3.05, 3.63) is 29.3 Å². The van der Waals surface area contributed by atoms with E-state index in [1.807, 2.05) is 32.0 Å². The van der Waals surface area contributed by atoms with Crippen molar-refractivity contribution in [2.24, 2.45) is 0 Å². The van der Waals surface area contributed by atoms with Crippen molar-refractivity contribution in [2.75, 3.05) is 13.7 Å². The first-order valence-corrected chi connectivity index (χ1v) is 6.68. The van der Waals surface area contributed by atoms with E-state index in [0.717, 1.165) is 24.0 Å². The summed E-state index contributed by atoms with van der Waals surface area (Å²) in [4.78, 5) is 13.5. The van der Waals surface area contributed by atoms with E-state index in [1.54, 1.807) is 11.9 Å². The first kappa shape index (κ1) is 13.9. The van der Waals surface area contributed by atoms with Crippen LogP contribution in [0, 0.1) is 0 Å². The maximum atomic E-state index is 11.8.